The zero-order chi connectivity index (χ0) is 15.0. The van der Waals surface area contributed by atoms with Crippen molar-refractivity contribution in [2.24, 2.45) is 5.73 Å². The fourth-order valence-electron chi connectivity index (χ4n) is 2.08. The van der Waals surface area contributed by atoms with Crippen LogP contribution in [0.1, 0.15) is 31.9 Å². The zero-order valence-electron chi connectivity index (χ0n) is 13.1. The van der Waals surface area contributed by atoms with Crippen molar-refractivity contribution < 1.29 is 9.47 Å². The molecule has 0 radical (unpaired) electrons. The number of ether oxygens (including phenoxy) is 2. The molecular formula is C16H28N2O2. The van der Waals surface area contributed by atoms with E-state index in [9.17, 15) is 0 Å². The van der Waals surface area contributed by atoms with Gasteiger partial charge in [0, 0.05) is 32.8 Å². The van der Waals surface area contributed by atoms with Crippen molar-refractivity contribution >= 4 is 0 Å². The standard InChI is InChI=1S/C16H28N2O2/c1-13(2)20-15-8-6-14(7-9-15)16(17)12-18(3)10-5-11-19-4/h6-9,13,16H,5,10-12,17H2,1-4H3. The van der Waals surface area contributed by atoms with Crippen LogP contribution in [0.5, 0.6) is 5.75 Å². The molecule has 4 nitrogen and oxygen atoms in total. The van der Waals surface area contributed by atoms with Crippen molar-refractivity contribution in [1.29, 1.82) is 0 Å². The lowest BCUT2D eigenvalue weighted by molar-refractivity contribution is 0.177. The Bertz CT molecular complexity index is 365. The fraction of sp³-hybridized carbons (Fsp3) is 0.625. The highest BCUT2D eigenvalue weighted by Gasteiger charge is 2.09. The number of likely N-dealkylation sites (N-methyl/N-ethyl adjacent to an activating group) is 1. The average Bonchev–Trinajstić information content (AvgIpc) is 2.39. The molecule has 20 heavy (non-hydrogen) atoms. The van der Waals surface area contributed by atoms with Crippen LogP contribution in [0.4, 0.5) is 0 Å². The summed E-state index contributed by atoms with van der Waals surface area (Å²) >= 11 is 0. The van der Waals surface area contributed by atoms with Gasteiger partial charge in [0.15, 0.2) is 0 Å². The van der Waals surface area contributed by atoms with Crippen molar-refractivity contribution in [3.05, 3.63) is 29.8 Å². The van der Waals surface area contributed by atoms with Crippen molar-refractivity contribution in [1.82, 2.24) is 4.90 Å². The highest BCUT2D eigenvalue weighted by atomic mass is 16.5. The molecule has 0 saturated carbocycles. The molecule has 0 amide bonds. The van der Waals surface area contributed by atoms with Crippen LogP contribution in [0.3, 0.4) is 0 Å². The van der Waals surface area contributed by atoms with E-state index in [1.54, 1.807) is 7.11 Å². The number of hydrogen-bond acceptors (Lipinski definition) is 4. The van der Waals surface area contributed by atoms with Crippen LogP contribution in [0.25, 0.3) is 0 Å². The Morgan fingerprint density at radius 2 is 1.85 bits per heavy atom. The van der Waals surface area contributed by atoms with Gasteiger partial charge in [-0.3, -0.25) is 0 Å². The molecule has 114 valence electrons. The van der Waals surface area contributed by atoms with Gasteiger partial charge in [-0.05, 0) is 45.0 Å². The van der Waals surface area contributed by atoms with Gasteiger partial charge < -0.3 is 20.1 Å². The molecule has 1 atom stereocenters. The minimum Gasteiger partial charge on any atom is -0.491 e. The van der Waals surface area contributed by atoms with Gasteiger partial charge in [-0.15, -0.1) is 0 Å². The molecule has 0 fully saturated rings. The monoisotopic (exact) mass is 280 g/mol. The lowest BCUT2D eigenvalue weighted by Gasteiger charge is -2.21. The maximum absolute atomic E-state index is 6.24. The number of hydrogen-bond donors (Lipinski definition) is 1. The van der Waals surface area contributed by atoms with E-state index in [4.69, 9.17) is 15.2 Å². The summed E-state index contributed by atoms with van der Waals surface area (Å²) in [6.07, 6.45) is 1.22. The average molecular weight is 280 g/mol. The van der Waals surface area contributed by atoms with Crippen LogP contribution < -0.4 is 10.5 Å². The highest BCUT2D eigenvalue weighted by Crippen LogP contribution is 2.18. The first-order valence-corrected chi connectivity index (χ1v) is 7.22. The molecule has 0 saturated heterocycles. The molecule has 1 unspecified atom stereocenters. The molecule has 1 aromatic rings. The minimum atomic E-state index is 0.0237. The van der Waals surface area contributed by atoms with E-state index in [1.807, 2.05) is 38.1 Å². The third kappa shape index (κ3) is 6.37. The molecule has 4 heteroatoms. The second kappa shape index (κ2) is 8.95. The van der Waals surface area contributed by atoms with Crippen LogP contribution >= 0.6 is 0 Å². The highest BCUT2D eigenvalue weighted by molar-refractivity contribution is 5.29. The second-order valence-electron chi connectivity index (χ2n) is 5.45. The van der Waals surface area contributed by atoms with Crippen LogP contribution in [0, 0.1) is 0 Å². The maximum atomic E-state index is 6.24. The summed E-state index contributed by atoms with van der Waals surface area (Å²) in [6, 6.07) is 8.09. The van der Waals surface area contributed by atoms with E-state index in [0.717, 1.165) is 37.4 Å². The molecule has 0 aliphatic rings. The molecule has 0 spiro atoms. The van der Waals surface area contributed by atoms with Gasteiger partial charge in [0.1, 0.15) is 5.75 Å². The van der Waals surface area contributed by atoms with Crippen molar-refractivity contribution in [2.75, 3.05) is 33.9 Å². The summed E-state index contributed by atoms with van der Waals surface area (Å²) in [6.45, 7) is 6.67. The number of benzene rings is 1. The predicted molar refractivity (Wildman–Crippen MR) is 83.1 cm³/mol. The Morgan fingerprint density at radius 1 is 1.20 bits per heavy atom. The minimum absolute atomic E-state index is 0.0237. The van der Waals surface area contributed by atoms with E-state index < -0.39 is 0 Å². The van der Waals surface area contributed by atoms with E-state index >= 15 is 0 Å². The molecule has 1 aromatic carbocycles. The Morgan fingerprint density at radius 3 is 2.40 bits per heavy atom. The van der Waals surface area contributed by atoms with Crippen molar-refractivity contribution in [2.45, 2.75) is 32.4 Å². The lowest BCUT2D eigenvalue weighted by Crippen LogP contribution is -2.30. The summed E-state index contributed by atoms with van der Waals surface area (Å²) in [7, 11) is 3.82. The lowest BCUT2D eigenvalue weighted by atomic mass is 10.1. The molecule has 1 rings (SSSR count). The van der Waals surface area contributed by atoms with Crippen LogP contribution in [0.2, 0.25) is 0 Å². The van der Waals surface area contributed by atoms with Gasteiger partial charge in [-0.25, -0.2) is 0 Å². The van der Waals surface area contributed by atoms with E-state index in [0.29, 0.717) is 0 Å². The van der Waals surface area contributed by atoms with Gasteiger partial charge in [0.25, 0.3) is 0 Å². The van der Waals surface area contributed by atoms with Crippen LogP contribution in [-0.4, -0.2) is 44.9 Å². The van der Waals surface area contributed by atoms with Gasteiger partial charge in [0.05, 0.1) is 6.10 Å². The fourth-order valence-corrected chi connectivity index (χ4v) is 2.08. The molecule has 0 aromatic heterocycles. The number of nitrogens with two attached hydrogens (primary N) is 1. The second-order valence-corrected chi connectivity index (χ2v) is 5.45. The number of nitrogens with zero attached hydrogens (tertiary/aromatic N) is 1. The normalized spacial score (nSPS) is 12.9. The van der Waals surface area contributed by atoms with Gasteiger partial charge >= 0.3 is 0 Å². The maximum Gasteiger partial charge on any atom is 0.119 e. The molecule has 0 bridgehead atoms. The molecular weight excluding hydrogens is 252 g/mol. The Balaban J connectivity index is 2.44. The SMILES string of the molecule is COCCCN(C)CC(N)c1ccc(OC(C)C)cc1. The molecule has 0 aliphatic heterocycles. The number of rotatable bonds is 9. The smallest absolute Gasteiger partial charge is 0.119 e. The quantitative estimate of drug-likeness (QED) is 0.706. The summed E-state index contributed by atoms with van der Waals surface area (Å²) in [5, 5.41) is 0. The summed E-state index contributed by atoms with van der Waals surface area (Å²) in [5.41, 5.74) is 7.38. The Labute approximate surface area is 122 Å². The number of methoxy groups -OCH3 is 1. The van der Waals surface area contributed by atoms with E-state index in [2.05, 4.69) is 11.9 Å². The van der Waals surface area contributed by atoms with Gasteiger partial charge in [-0.1, -0.05) is 12.1 Å². The molecule has 0 heterocycles. The predicted octanol–water partition coefficient (Wildman–Crippen LogP) is 2.44. The van der Waals surface area contributed by atoms with E-state index in [-0.39, 0.29) is 12.1 Å². The van der Waals surface area contributed by atoms with Gasteiger partial charge in [-0.2, -0.15) is 0 Å². The topological polar surface area (TPSA) is 47.7 Å². The largest absolute Gasteiger partial charge is 0.491 e. The summed E-state index contributed by atoms with van der Waals surface area (Å²) in [5.74, 6) is 0.893. The summed E-state index contributed by atoms with van der Waals surface area (Å²) < 4.78 is 10.7. The zero-order valence-corrected chi connectivity index (χ0v) is 13.1. The van der Waals surface area contributed by atoms with Crippen LogP contribution in [0.15, 0.2) is 24.3 Å². The third-order valence-corrected chi connectivity index (χ3v) is 3.08. The van der Waals surface area contributed by atoms with Crippen molar-refractivity contribution in [3.63, 3.8) is 0 Å². The molecule has 0 aliphatic carbocycles. The van der Waals surface area contributed by atoms with Crippen LogP contribution in [-0.2, 0) is 4.74 Å². The third-order valence-electron chi connectivity index (χ3n) is 3.08. The summed E-state index contributed by atoms with van der Waals surface area (Å²) in [4.78, 5) is 2.24. The van der Waals surface area contributed by atoms with E-state index in [1.165, 1.54) is 0 Å². The molecule has 2 N–H and O–H groups in total. The Hall–Kier alpha value is -1.10. The van der Waals surface area contributed by atoms with Crippen molar-refractivity contribution in [3.8, 4) is 5.75 Å². The first-order chi connectivity index (χ1) is 9.52. The van der Waals surface area contributed by atoms with Gasteiger partial charge in [0.2, 0.25) is 0 Å². The Kier molecular flexibility index (Phi) is 7.59. The first-order valence-electron chi connectivity index (χ1n) is 7.22. The first kappa shape index (κ1) is 17.0.